The van der Waals surface area contributed by atoms with E-state index in [9.17, 15) is 13.2 Å². The van der Waals surface area contributed by atoms with Gasteiger partial charge in [-0.25, -0.2) is 8.42 Å². The Balaban J connectivity index is 2.40. The Hall–Kier alpha value is -0.140. The van der Waals surface area contributed by atoms with E-state index in [-0.39, 0.29) is 18.2 Å². The van der Waals surface area contributed by atoms with Crippen LogP contribution in [-0.2, 0) is 14.8 Å². The third-order valence-electron chi connectivity index (χ3n) is 2.43. The lowest BCUT2D eigenvalue weighted by Crippen LogP contribution is -2.50. The zero-order valence-electron chi connectivity index (χ0n) is 9.12. The smallest absolute Gasteiger partial charge is 0.235 e. The molecule has 1 N–H and O–H groups in total. The van der Waals surface area contributed by atoms with Crippen LogP contribution < -0.4 is 5.32 Å². The van der Waals surface area contributed by atoms with Gasteiger partial charge in [0.05, 0.1) is 12.3 Å². The summed E-state index contributed by atoms with van der Waals surface area (Å²) in [6, 6.07) is 0. The number of alkyl halides is 1. The fourth-order valence-electron chi connectivity index (χ4n) is 1.54. The highest BCUT2D eigenvalue weighted by molar-refractivity contribution is 9.09. The first-order valence-electron chi connectivity index (χ1n) is 5.37. The number of amides is 1. The SMILES string of the molecule is O=C1CN(S(=O)(=O)CCCCCBr)CCN1. The van der Waals surface area contributed by atoms with Gasteiger partial charge >= 0.3 is 0 Å². The molecule has 0 unspecified atom stereocenters. The summed E-state index contributed by atoms with van der Waals surface area (Å²) in [5.74, 6) is -0.0666. The average molecular weight is 313 g/mol. The van der Waals surface area contributed by atoms with Gasteiger partial charge in [0.2, 0.25) is 15.9 Å². The number of carbonyl (C=O) groups excluding carboxylic acids is 1. The van der Waals surface area contributed by atoms with E-state index in [4.69, 9.17) is 0 Å². The second-order valence-corrected chi connectivity index (χ2v) is 6.63. The molecular formula is C9H17BrN2O3S. The molecule has 7 heteroatoms. The third-order valence-corrected chi connectivity index (χ3v) is 4.90. The van der Waals surface area contributed by atoms with E-state index in [0.717, 1.165) is 18.2 Å². The number of carbonyl (C=O) groups is 1. The van der Waals surface area contributed by atoms with E-state index < -0.39 is 10.0 Å². The molecule has 5 nitrogen and oxygen atoms in total. The molecule has 0 aromatic heterocycles. The van der Waals surface area contributed by atoms with Crippen molar-refractivity contribution in [2.24, 2.45) is 0 Å². The van der Waals surface area contributed by atoms with Crippen LogP contribution in [0.2, 0.25) is 0 Å². The van der Waals surface area contributed by atoms with Crippen molar-refractivity contribution < 1.29 is 13.2 Å². The minimum atomic E-state index is -3.24. The number of hydrogen-bond acceptors (Lipinski definition) is 3. The van der Waals surface area contributed by atoms with Crippen molar-refractivity contribution in [3.63, 3.8) is 0 Å². The van der Waals surface area contributed by atoms with Crippen LogP contribution in [0.5, 0.6) is 0 Å². The number of sulfonamides is 1. The maximum atomic E-state index is 11.8. The van der Waals surface area contributed by atoms with Crippen molar-refractivity contribution in [3.8, 4) is 0 Å². The van der Waals surface area contributed by atoms with Gasteiger partial charge in [-0.15, -0.1) is 0 Å². The molecule has 0 saturated carbocycles. The van der Waals surface area contributed by atoms with Crippen LogP contribution in [0.25, 0.3) is 0 Å². The minimum absolute atomic E-state index is 0.0270. The van der Waals surface area contributed by atoms with Crippen molar-refractivity contribution in [1.29, 1.82) is 0 Å². The van der Waals surface area contributed by atoms with Crippen molar-refractivity contribution in [2.75, 3.05) is 30.7 Å². The lowest BCUT2D eigenvalue weighted by molar-refractivity contribution is -0.122. The Morgan fingerprint density at radius 3 is 2.69 bits per heavy atom. The minimum Gasteiger partial charge on any atom is -0.354 e. The van der Waals surface area contributed by atoms with Crippen molar-refractivity contribution >= 4 is 31.9 Å². The maximum Gasteiger partial charge on any atom is 0.235 e. The number of nitrogens with one attached hydrogen (secondary N) is 1. The monoisotopic (exact) mass is 312 g/mol. The highest BCUT2D eigenvalue weighted by atomic mass is 79.9. The molecule has 0 spiro atoms. The first kappa shape index (κ1) is 13.9. The van der Waals surface area contributed by atoms with Gasteiger partial charge in [0.25, 0.3) is 0 Å². The topological polar surface area (TPSA) is 66.5 Å². The molecule has 0 aliphatic carbocycles. The third kappa shape index (κ3) is 4.39. The summed E-state index contributed by atoms with van der Waals surface area (Å²) in [5.41, 5.74) is 0. The number of unbranched alkanes of at least 4 members (excludes halogenated alkanes) is 2. The quantitative estimate of drug-likeness (QED) is 0.567. The Morgan fingerprint density at radius 2 is 2.06 bits per heavy atom. The van der Waals surface area contributed by atoms with Crippen LogP contribution >= 0.6 is 15.9 Å². The summed E-state index contributed by atoms with van der Waals surface area (Å²) >= 11 is 3.30. The van der Waals surface area contributed by atoms with Crippen LogP contribution in [0.4, 0.5) is 0 Å². The van der Waals surface area contributed by atoms with Crippen molar-refractivity contribution in [3.05, 3.63) is 0 Å². The van der Waals surface area contributed by atoms with Gasteiger partial charge in [0.1, 0.15) is 0 Å². The number of piperazine rings is 1. The van der Waals surface area contributed by atoms with Gasteiger partial charge in [0, 0.05) is 18.4 Å². The molecule has 16 heavy (non-hydrogen) atoms. The molecule has 0 bridgehead atoms. The zero-order valence-corrected chi connectivity index (χ0v) is 11.5. The molecule has 0 radical (unpaired) electrons. The van der Waals surface area contributed by atoms with Crippen LogP contribution in [0, 0.1) is 0 Å². The number of hydrogen-bond donors (Lipinski definition) is 1. The predicted octanol–water partition coefficient (Wildman–Crippen LogP) is 0.313. The summed E-state index contributed by atoms with van der Waals surface area (Å²) < 4.78 is 24.9. The van der Waals surface area contributed by atoms with Crippen LogP contribution in [0.15, 0.2) is 0 Å². The Labute approximate surface area is 105 Å². The van der Waals surface area contributed by atoms with E-state index >= 15 is 0 Å². The van der Waals surface area contributed by atoms with Crippen LogP contribution in [0.1, 0.15) is 19.3 Å². The maximum absolute atomic E-state index is 11.8. The number of nitrogens with zero attached hydrogens (tertiary/aromatic N) is 1. The number of halogens is 1. The second-order valence-electron chi connectivity index (χ2n) is 3.75. The highest BCUT2D eigenvalue weighted by Crippen LogP contribution is 2.08. The van der Waals surface area contributed by atoms with E-state index in [0.29, 0.717) is 19.5 Å². The first-order chi connectivity index (χ1) is 7.56. The largest absolute Gasteiger partial charge is 0.354 e. The lowest BCUT2D eigenvalue weighted by atomic mass is 10.3. The average Bonchev–Trinajstić information content (AvgIpc) is 2.24. The number of rotatable bonds is 6. The Morgan fingerprint density at radius 1 is 1.31 bits per heavy atom. The fourth-order valence-corrected chi connectivity index (χ4v) is 3.44. The molecule has 1 rings (SSSR count). The molecule has 0 aromatic carbocycles. The normalized spacial score (nSPS) is 18.4. The molecule has 94 valence electrons. The molecule has 1 aliphatic rings. The summed E-state index contributed by atoms with van der Waals surface area (Å²) in [6.45, 7) is 0.784. The summed E-state index contributed by atoms with van der Waals surface area (Å²) in [4.78, 5) is 11.1. The van der Waals surface area contributed by atoms with Crippen LogP contribution in [0.3, 0.4) is 0 Å². The van der Waals surface area contributed by atoms with Crippen LogP contribution in [-0.4, -0.2) is 49.3 Å². The van der Waals surface area contributed by atoms with Gasteiger partial charge in [-0.1, -0.05) is 22.4 Å². The molecule has 0 aromatic rings. The zero-order chi connectivity index (χ0) is 12.0. The molecule has 1 aliphatic heterocycles. The Bertz CT molecular complexity index is 332. The van der Waals surface area contributed by atoms with Gasteiger partial charge in [-0.2, -0.15) is 4.31 Å². The van der Waals surface area contributed by atoms with Gasteiger partial charge < -0.3 is 5.32 Å². The van der Waals surface area contributed by atoms with Crippen molar-refractivity contribution in [2.45, 2.75) is 19.3 Å². The van der Waals surface area contributed by atoms with E-state index in [1.807, 2.05) is 0 Å². The lowest BCUT2D eigenvalue weighted by Gasteiger charge is -2.25. The summed E-state index contributed by atoms with van der Waals surface area (Å²) in [7, 11) is -3.24. The highest BCUT2D eigenvalue weighted by Gasteiger charge is 2.26. The van der Waals surface area contributed by atoms with Gasteiger partial charge in [-0.05, 0) is 12.8 Å². The van der Waals surface area contributed by atoms with E-state index in [1.54, 1.807) is 0 Å². The van der Waals surface area contributed by atoms with Gasteiger partial charge in [0.15, 0.2) is 0 Å². The molecule has 1 amide bonds. The summed E-state index contributed by atoms with van der Waals surface area (Å²) in [6.07, 6.45) is 2.53. The van der Waals surface area contributed by atoms with E-state index in [2.05, 4.69) is 21.2 Å². The molecular weight excluding hydrogens is 296 g/mol. The first-order valence-corrected chi connectivity index (χ1v) is 8.10. The Kier molecular flexibility index (Phi) is 5.71. The molecule has 0 atom stereocenters. The van der Waals surface area contributed by atoms with Gasteiger partial charge in [-0.3, -0.25) is 4.79 Å². The van der Waals surface area contributed by atoms with E-state index in [1.165, 1.54) is 4.31 Å². The predicted molar refractivity (Wildman–Crippen MR) is 66.0 cm³/mol. The summed E-state index contributed by atoms with van der Waals surface area (Å²) in [5, 5.41) is 3.51. The molecule has 1 heterocycles. The molecule has 1 saturated heterocycles. The molecule has 1 fully saturated rings. The standard InChI is InChI=1S/C9H17BrN2O3S/c10-4-2-1-3-7-16(14,15)12-6-5-11-9(13)8-12/h1-8H2,(H,11,13). The second kappa shape index (κ2) is 6.56. The van der Waals surface area contributed by atoms with Crippen molar-refractivity contribution in [1.82, 2.24) is 9.62 Å². The fraction of sp³-hybridized carbons (Fsp3) is 0.889.